The molecule has 1 fully saturated rings. The zero-order valence-electron chi connectivity index (χ0n) is 17.4. The van der Waals surface area contributed by atoms with Crippen LogP contribution in [-0.4, -0.2) is 30.9 Å². The fourth-order valence-corrected chi connectivity index (χ4v) is 4.38. The van der Waals surface area contributed by atoms with Gasteiger partial charge in [0.2, 0.25) is 0 Å². The van der Waals surface area contributed by atoms with E-state index in [1.807, 2.05) is 60.7 Å². The number of fused-ring (bicyclic) bond motifs is 1. The van der Waals surface area contributed by atoms with Gasteiger partial charge in [0.25, 0.3) is 0 Å². The highest BCUT2D eigenvalue weighted by molar-refractivity contribution is 6.11. The summed E-state index contributed by atoms with van der Waals surface area (Å²) in [5.41, 5.74) is 4.83. The summed E-state index contributed by atoms with van der Waals surface area (Å²) in [7, 11) is 1.66. The molecule has 0 aliphatic carbocycles. The van der Waals surface area contributed by atoms with Crippen LogP contribution in [0.2, 0.25) is 0 Å². The lowest BCUT2D eigenvalue weighted by atomic mass is 9.82. The van der Waals surface area contributed by atoms with Crippen LogP contribution in [0, 0.1) is 0 Å². The first kappa shape index (κ1) is 19.2. The van der Waals surface area contributed by atoms with Gasteiger partial charge in [-0.05, 0) is 29.3 Å². The minimum absolute atomic E-state index is 0.0548. The van der Waals surface area contributed by atoms with Gasteiger partial charge in [-0.25, -0.2) is 0 Å². The lowest BCUT2D eigenvalue weighted by Crippen LogP contribution is -2.30. The molecule has 1 atom stereocenters. The Morgan fingerprint density at radius 3 is 2.29 bits per heavy atom. The van der Waals surface area contributed by atoms with E-state index >= 15 is 0 Å². The summed E-state index contributed by atoms with van der Waals surface area (Å²) >= 11 is 0. The van der Waals surface area contributed by atoms with Crippen LogP contribution in [-0.2, 0) is 0 Å². The predicted molar refractivity (Wildman–Crippen MR) is 123 cm³/mol. The number of rotatable bonds is 5. The minimum Gasteiger partial charge on any atom is -0.497 e. The normalized spacial score (nSPS) is 17.6. The Hall–Kier alpha value is -3.79. The Kier molecular flexibility index (Phi) is 5.04. The van der Waals surface area contributed by atoms with Crippen LogP contribution >= 0.6 is 0 Å². The molecule has 3 aromatic rings. The SMILES string of the molecule is COc1ccc(C2C=C(c3ccccc3)N3CCNC3=C2C(=O)c2ccccc2)cc1. The average molecular weight is 409 g/mol. The zero-order chi connectivity index (χ0) is 21.2. The highest BCUT2D eigenvalue weighted by atomic mass is 16.5. The molecule has 3 aromatic carbocycles. The van der Waals surface area contributed by atoms with Crippen molar-refractivity contribution in [1.82, 2.24) is 10.2 Å². The van der Waals surface area contributed by atoms with Crippen LogP contribution in [0.4, 0.5) is 0 Å². The van der Waals surface area contributed by atoms with E-state index in [1.165, 1.54) is 0 Å². The van der Waals surface area contributed by atoms with Gasteiger partial charge in [0.05, 0.1) is 12.7 Å². The van der Waals surface area contributed by atoms with Crippen LogP contribution in [0.5, 0.6) is 5.75 Å². The highest BCUT2D eigenvalue weighted by Crippen LogP contribution is 2.41. The Morgan fingerprint density at radius 2 is 1.61 bits per heavy atom. The monoisotopic (exact) mass is 408 g/mol. The molecule has 1 unspecified atom stereocenters. The first-order valence-electron chi connectivity index (χ1n) is 10.5. The summed E-state index contributed by atoms with van der Waals surface area (Å²) in [6.45, 7) is 1.64. The first-order chi connectivity index (χ1) is 15.3. The Morgan fingerprint density at radius 1 is 0.935 bits per heavy atom. The molecule has 1 saturated heterocycles. The molecule has 31 heavy (non-hydrogen) atoms. The molecular formula is C27H24N2O2. The second kappa shape index (κ2) is 8.15. The van der Waals surface area contributed by atoms with Gasteiger partial charge in [0, 0.05) is 30.3 Å². The van der Waals surface area contributed by atoms with Crippen molar-refractivity contribution >= 4 is 11.5 Å². The number of carbonyl (C=O) groups excluding carboxylic acids is 1. The van der Waals surface area contributed by atoms with Crippen LogP contribution < -0.4 is 10.1 Å². The summed E-state index contributed by atoms with van der Waals surface area (Å²) < 4.78 is 5.34. The molecule has 2 aliphatic rings. The van der Waals surface area contributed by atoms with Gasteiger partial charge in [-0.1, -0.05) is 72.8 Å². The number of allylic oxidation sites excluding steroid dienone is 2. The molecule has 0 radical (unpaired) electrons. The molecule has 5 rings (SSSR count). The lowest BCUT2D eigenvalue weighted by Gasteiger charge is -2.33. The Balaban J connectivity index is 1.67. The van der Waals surface area contributed by atoms with Crippen LogP contribution in [0.15, 0.2) is 102 Å². The number of Topliss-reactive ketones (excluding diaryl/α,β-unsaturated/α-hetero) is 1. The lowest BCUT2D eigenvalue weighted by molar-refractivity contribution is 0.102. The van der Waals surface area contributed by atoms with E-state index < -0.39 is 0 Å². The van der Waals surface area contributed by atoms with Crippen molar-refractivity contribution in [2.24, 2.45) is 0 Å². The van der Waals surface area contributed by atoms with Gasteiger partial charge in [-0.3, -0.25) is 4.79 Å². The number of methoxy groups -OCH3 is 1. The van der Waals surface area contributed by atoms with Gasteiger partial charge in [0.15, 0.2) is 5.78 Å². The third kappa shape index (κ3) is 3.50. The number of hydrogen-bond donors (Lipinski definition) is 1. The fourth-order valence-electron chi connectivity index (χ4n) is 4.38. The van der Waals surface area contributed by atoms with Gasteiger partial charge in [-0.2, -0.15) is 0 Å². The number of nitrogens with one attached hydrogen (secondary N) is 1. The number of nitrogens with zero attached hydrogens (tertiary/aromatic N) is 1. The molecule has 4 nitrogen and oxygen atoms in total. The van der Waals surface area contributed by atoms with E-state index in [0.29, 0.717) is 5.56 Å². The average Bonchev–Trinajstić information content (AvgIpc) is 3.33. The number of hydrogen-bond acceptors (Lipinski definition) is 4. The second-order valence-electron chi connectivity index (χ2n) is 7.70. The van der Waals surface area contributed by atoms with Crippen LogP contribution in [0.1, 0.15) is 27.4 Å². The minimum atomic E-state index is -0.161. The van der Waals surface area contributed by atoms with Crippen LogP contribution in [0.25, 0.3) is 5.70 Å². The third-order valence-corrected chi connectivity index (χ3v) is 5.90. The topological polar surface area (TPSA) is 41.6 Å². The van der Waals surface area contributed by atoms with Gasteiger partial charge in [0.1, 0.15) is 11.6 Å². The molecule has 0 spiro atoms. The third-order valence-electron chi connectivity index (χ3n) is 5.90. The van der Waals surface area contributed by atoms with Crippen molar-refractivity contribution in [3.8, 4) is 5.75 Å². The molecule has 0 aromatic heterocycles. The zero-order valence-corrected chi connectivity index (χ0v) is 17.4. The van der Waals surface area contributed by atoms with Crippen LogP contribution in [0.3, 0.4) is 0 Å². The maximum atomic E-state index is 13.7. The smallest absolute Gasteiger partial charge is 0.193 e. The summed E-state index contributed by atoms with van der Waals surface area (Å²) in [4.78, 5) is 16.0. The summed E-state index contributed by atoms with van der Waals surface area (Å²) in [6, 6.07) is 27.9. The van der Waals surface area contributed by atoms with E-state index in [9.17, 15) is 4.79 Å². The number of ether oxygens (including phenoxy) is 1. The fraction of sp³-hybridized carbons (Fsp3) is 0.148. The first-order valence-corrected chi connectivity index (χ1v) is 10.5. The van der Waals surface area contributed by atoms with E-state index in [2.05, 4.69) is 40.6 Å². The van der Waals surface area contributed by atoms with Crippen molar-refractivity contribution in [3.05, 3.63) is 119 Å². The number of carbonyl (C=O) groups is 1. The van der Waals surface area contributed by atoms with Crippen molar-refractivity contribution in [2.45, 2.75) is 5.92 Å². The predicted octanol–water partition coefficient (Wildman–Crippen LogP) is 4.83. The molecule has 154 valence electrons. The van der Waals surface area contributed by atoms with Gasteiger partial charge >= 0.3 is 0 Å². The van der Waals surface area contributed by atoms with Crippen molar-refractivity contribution in [3.63, 3.8) is 0 Å². The molecule has 4 heteroatoms. The quantitative estimate of drug-likeness (QED) is 0.614. The molecule has 0 amide bonds. The Labute approximate surface area is 182 Å². The molecule has 0 saturated carbocycles. The molecule has 0 bridgehead atoms. The maximum absolute atomic E-state index is 13.7. The van der Waals surface area contributed by atoms with Gasteiger partial charge < -0.3 is 15.0 Å². The summed E-state index contributed by atoms with van der Waals surface area (Å²) in [5.74, 6) is 1.61. The standard InChI is InChI=1S/C27H24N2O2/c1-31-22-14-12-19(13-15-22)23-18-24(20-8-4-2-5-9-20)29-17-16-28-27(29)25(23)26(30)21-10-6-3-7-11-21/h2-15,18,23,28H,16-17H2,1H3. The van der Waals surface area contributed by atoms with E-state index in [1.54, 1.807) is 7.11 Å². The van der Waals surface area contributed by atoms with Crippen molar-refractivity contribution in [2.75, 3.05) is 20.2 Å². The number of ketones is 1. The molecule has 2 aliphatic heterocycles. The summed E-state index contributed by atoms with van der Waals surface area (Å²) in [5, 5.41) is 3.50. The van der Waals surface area contributed by atoms with E-state index in [-0.39, 0.29) is 11.7 Å². The second-order valence-corrected chi connectivity index (χ2v) is 7.70. The van der Waals surface area contributed by atoms with Gasteiger partial charge in [-0.15, -0.1) is 0 Å². The van der Waals surface area contributed by atoms with Crippen molar-refractivity contribution in [1.29, 1.82) is 0 Å². The van der Waals surface area contributed by atoms with E-state index in [4.69, 9.17) is 4.74 Å². The molecule has 2 heterocycles. The largest absolute Gasteiger partial charge is 0.497 e. The number of benzene rings is 3. The summed E-state index contributed by atoms with van der Waals surface area (Å²) in [6.07, 6.45) is 2.23. The highest BCUT2D eigenvalue weighted by Gasteiger charge is 2.36. The maximum Gasteiger partial charge on any atom is 0.193 e. The Bertz CT molecular complexity index is 1150. The molecular weight excluding hydrogens is 384 g/mol. The van der Waals surface area contributed by atoms with E-state index in [0.717, 1.165) is 47.1 Å². The van der Waals surface area contributed by atoms with Crippen molar-refractivity contribution < 1.29 is 9.53 Å². The molecule has 1 N–H and O–H groups in total.